The minimum atomic E-state index is -3.96. The van der Waals surface area contributed by atoms with Gasteiger partial charge in [0.25, 0.3) is 15.9 Å². The summed E-state index contributed by atoms with van der Waals surface area (Å²) in [5, 5.41) is 5.47. The maximum Gasteiger partial charge on any atom is 0.328 e. The molecule has 3 amide bonds. The second-order valence-corrected chi connectivity index (χ2v) is 8.66. The van der Waals surface area contributed by atoms with Crippen LogP contribution in [-0.4, -0.2) is 31.4 Å². The molecule has 0 unspecified atom stereocenters. The Morgan fingerprint density at radius 1 is 1.03 bits per heavy atom. The lowest BCUT2D eigenvalue weighted by atomic mass is 9.96. The molecule has 3 rings (SSSR count). The van der Waals surface area contributed by atoms with E-state index in [1.54, 1.807) is 30.5 Å². The van der Waals surface area contributed by atoms with Crippen molar-refractivity contribution in [2.24, 2.45) is 0 Å². The van der Waals surface area contributed by atoms with Gasteiger partial charge in [-0.1, -0.05) is 31.4 Å². The lowest BCUT2D eigenvalue weighted by Gasteiger charge is -2.22. The van der Waals surface area contributed by atoms with Gasteiger partial charge in [0, 0.05) is 25.0 Å². The molecule has 1 heterocycles. The molecule has 8 nitrogen and oxygen atoms in total. The second-order valence-electron chi connectivity index (χ2n) is 6.98. The van der Waals surface area contributed by atoms with E-state index in [-0.39, 0.29) is 23.4 Å². The number of amides is 3. The molecular formula is C20H24N4O4S. The molecule has 1 aromatic heterocycles. The highest BCUT2D eigenvalue weighted by Crippen LogP contribution is 2.17. The van der Waals surface area contributed by atoms with Crippen molar-refractivity contribution in [2.75, 3.05) is 0 Å². The quantitative estimate of drug-likeness (QED) is 0.668. The first-order valence-corrected chi connectivity index (χ1v) is 11.0. The van der Waals surface area contributed by atoms with Crippen LogP contribution in [0.2, 0.25) is 0 Å². The molecule has 1 aliphatic carbocycles. The van der Waals surface area contributed by atoms with Gasteiger partial charge in [0.05, 0.1) is 10.5 Å². The van der Waals surface area contributed by atoms with E-state index in [1.165, 1.54) is 18.3 Å². The van der Waals surface area contributed by atoms with Crippen LogP contribution in [-0.2, 0) is 16.6 Å². The minimum absolute atomic E-state index is 0.0152. The van der Waals surface area contributed by atoms with Crippen molar-refractivity contribution >= 4 is 22.0 Å². The van der Waals surface area contributed by atoms with Gasteiger partial charge in [-0.3, -0.25) is 9.78 Å². The maximum absolute atomic E-state index is 12.4. The average molecular weight is 417 g/mol. The molecule has 154 valence electrons. The van der Waals surface area contributed by atoms with Crippen LogP contribution in [0.5, 0.6) is 0 Å². The number of nitrogens with zero attached hydrogens (tertiary/aromatic N) is 1. The van der Waals surface area contributed by atoms with Gasteiger partial charge in [0.1, 0.15) is 0 Å². The summed E-state index contributed by atoms with van der Waals surface area (Å²) < 4.78 is 26.9. The van der Waals surface area contributed by atoms with Crippen molar-refractivity contribution in [3.05, 3.63) is 59.9 Å². The topological polar surface area (TPSA) is 117 Å². The summed E-state index contributed by atoms with van der Waals surface area (Å²) in [6, 6.07) is 8.64. The SMILES string of the molecule is O=C(NC1CCCCC1)NS(=O)(=O)c1ccc(CNC(=O)c2cccnc2)cc1. The third kappa shape index (κ3) is 6.02. The fraction of sp³-hybridized carbons (Fsp3) is 0.350. The predicted octanol–water partition coefficient (Wildman–Crippen LogP) is 2.33. The number of rotatable bonds is 6. The highest BCUT2D eigenvalue weighted by Gasteiger charge is 2.21. The monoisotopic (exact) mass is 416 g/mol. The van der Waals surface area contributed by atoms with Crippen molar-refractivity contribution < 1.29 is 18.0 Å². The van der Waals surface area contributed by atoms with Gasteiger partial charge < -0.3 is 10.6 Å². The van der Waals surface area contributed by atoms with Crippen LogP contribution in [0, 0.1) is 0 Å². The summed E-state index contributed by atoms with van der Waals surface area (Å²) in [5.41, 5.74) is 1.17. The zero-order valence-electron chi connectivity index (χ0n) is 15.9. The van der Waals surface area contributed by atoms with Crippen LogP contribution in [0.1, 0.15) is 48.0 Å². The Morgan fingerprint density at radius 3 is 2.41 bits per heavy atom. The minimum Gasteiger partial charge on any atom is -0.348 e. The summed E-state index contributed by atoms with van der Waals surface area (Å²) in [5.74, 6) is -0.268. The number of hydrogen-bond acceptors (Lipinski definition) is 5. The van der Waals surface area contributed by atoms with E-state index in [2.05, 4.69) is 20.3 Å². The summed E-state index contributed by atoms with van der Waals surface area (Å²) >= 11 is 0. The van der Waals surface area contributed by atoms with Crippen LogP contribution in [0.4, 0.5) is 4.79 Å². The van der Waals surface area contributed by atoms with Crippen molar-refractivity contribution in [1.82, 2.24) is 20.3 Å². The molecule has 0 aliphatic heterocycles. The summed E-state index contributed by atoms with van der Waals surface area (Å²) in [6.45, 7) is 0.240. The van der Waals surface area contributed by atoms with Crippen LogP contribution >= 0.6 is 0 Å². The lowest BCUT2D eigenvalue weighted by molar-refractivity contribution is 0.0950. The zero-order chi connectivity index (χ0) is 20.7. The number of benzene rings is 1. The Morgan fingerprint density at radius 2 is 1.76 bits per heavy atom. The second kappa shape index (κ2) is 9.51. The van der Waals surface area contributed by atoms with Gasteiger partial charge in [0.2, 0.25) is 0 Å². The highest BCUT2D eigenvalue weighted by atomic mass is 32.2. The van der Waals surface area contributed by atoms with Crippen molar-refractivity contribution in [3.63, 3.8) is 0 Å². The van der Waals surface area contributed by atoms with Gasteiger partial charge in [-0.25, -0.2) is 17.9 Å². The number of pyridine rings is 1. The summed E-state index contributed by atoms with van der Waals surface area (Å²) in [6.07, 6.45) is 8.01. The highest BCUT2D eigenvalue weighted by molar-refractivity contribution is 7.90. The van der Waals surface area contributed by atoms with Crippen molar-refractivity contribution in [3.8, 4) is 0 Å². The molecule has 1 fully saturated rings. The van der Waals surface area contributed by atoms with E-state index < -0.39 is 16.1 Å². The number of urea groups is 1. The van der Waals surface area contributed by atoms with E-state index in [0.717, 1.165) is 37.7 Å². The van der Waals surface area contributed by atoms with Gasteiger partial charge in [-0.15, -0.1) is 0 Å². The third-order valence-corrected chi connectivity index (χ3v) is 6.12. The van der Waals surface area contributed by atoms with E-state index in [9.17, 15) is 18.0 Å². The lowest BCUT2D eigenvalue weighted by Crippen LogP contribution is -2.45. The van der Waals surface area contributed by atoms with Gasteiger partial charge in [0.15, 0.2) is 0 Å². The summed E-state index contributed by atoms with van der Waals surface area (Å²) in [4.78, 5) is 27.9. The number of nitrogens with one attached hydrogen (secondary N) is 3. The number of sulfonamides is 1. The van der Waals surface area contributed by atoms with E-state index >= 15 is 0 Å². The Balaban J connectivity index is 1.54. The number of carbonyl (C=O) groups is 2. The molecule has 1 aromatic carbocycles. The molecule has 3 N–H and O–H groups in total. The molecule has 0 bridgehead atoms. The maximum atomic E-state index is 12.4. The average Bonchev–Trinajstić information content (AvgIpc) is 2.73. The number of carbonyl (C=O) groups excluding carboxylic acids is 2. The molecule has 2 aromatic rings. The fourth-order valence-electron chi connectivity index (χ4n) is 3.21. The smallest absolute Gasteiger partial charge is 0.328 e. The van der Waals surface area contributed by atoms with Crippen LogP contribution in [0.15, 0.2) is 53.7 Å². The Hall–Kier alpha value is -2.94. The Bertz CT molecular complexity index is 940. The molecule has 0 radical (unpaired) electrons. The summed E-state index contributed by atoms with van der Waals surface area (Å²) in [7, 11) is -3.96. The predicted molar refractivity (Wildman–Crippen MR) is 108 cm³/mol. The fourth-order valence-corrected chi connectivity index (χ4v) is 4.13. The zero-order valence-corrected chi connectivity index (χ0v) is 16.7. The molecule has 0 saturated heterocycles. The first-order valence-electron chi connectivity index (χ1n) is 9.54. The van der Waals surface area contributed by atoms with E-state index in [0.29, 0.717) is 5.56 Å². The van der Waals surface area contributed by atoms with Gasteiger partial charge in [-0.2, -0.15) is 0 Å². The first-order chi connectivity index (χ1) is 13.9. The molecule has 1 aliphatic rings. The molecule has 1 saturated carbocycles. The van der Waals surface area contributed by atoms with Gasteiger partial charge in [-0.05, 0) is 42.7 Å². The molecular weight excluding hydrogens is 392 g/mol. The Labute approximate surface area is 170 Å². The first kappa shape index (κ1) is 20.8. The normalized spacial score (nSPS) is 14.8. The van der Waals surface area contributed by atoms with Crippen molar-refractivity contribution in [1.29, 1.82) is 0 Å². The number of aromatic nitrogens is 1. The van der Waals surface area contributed by atoms with E-state index in [4.69, 9.17) is 0 Å². The number of hydrogen-bond donors (Lipinski definition) is 3. The molecule has 9 heteroatoms. The van der Waals surface area contributed by atoms with Crippen LogP contribution in [0.3, 0.4) is 0 Å². The van der Waals surface area contributed by atoms with Crippen LogP contribution < -0.4 is 15.4 Å². The van der Waals surface area contributed by atoms with E-state index in [1.807, 2.05) is 0 Å². The molecule has 29 heavy (non-hydrogen) atoms. The third-order valence-electron chi connectivity index (χ3n) is 4.78. The Kier molecular flexibility index (Phi) is 6.82. The van der Waals surface area contributed by atoms with Gasteiger partial charge >= 0.3 is 6.03 Å². The largest absolute Gasteiger partial charge is 0.348 e. The van der Waals surface area contributed by atoms with Crippen molar-refractivity contribution in [2.45, 2.75) is 49.6 Å². The van der Waals surface area contributed by atoms with Crippen LogP contribution in [0.25, 0.3) is 0 Å². The standard InChI is InChI=1S/C20H24N4O4S/c25-19(16-5-4-12-21-14-16)22-13-15-8-10-18(11-9-15)29(27,28)24-20(26)23-17-6-2-1-3-7-17/h4-5,8-12,14,17H,1-3,6-7,13H2,(H,22,25)(H2,23,24,26). The molecule has 0 atom stereocenters. The molecule has 0 spiro atoms.